The van der Waals surface area contributed by atoms with E-state index in [0.717, 1.165) is 17.2 Å². The van der Waals surface area contributed by atoms with Crippen molar-refractivity contribution in [1.29, 1.82) is 0 Å². The third kappa shape index (κ3) is 3.99. The van der Waals surface area contributed by atoms with Crippen LogP contribution in [0.4, 0.5) is 14.5 Å². The zero-order valence-electron chi connectivity index (χ0n) is 24.8. The van der Waals surface area contributed by atoms with E-state index in [2.05, 4.69) is 6.92 Å². The van der Waals surface area contributed by atoms with Gasteiger partial charge in [0.25, 0.3) is 0 Å². The van der Waals surface area contributed by atoms with E-state index in [1.165, 1.54) is 6.07 Å². The lowest BCUT2D eigenvalue weighted by molar-refractivity contribution is -0.201. The molecule has 4 N–H and O–H groups in total. The van der Waals surface area contributed by atoms with Crippen molar-refractivity contribution in [3.05, 3.63) is 88.5 Å². The maximum atomic E-state index is 16.1. The highest BCUT2D eigenvalue weighted by molar-refractivity contribution is 6.01. The first-order valence-corrected chi connectivity index (χ1v) is 15.3. The monoisotopic (exact) mass is 605 g/mol. The predicted octanol–water partition coefficient (Wildman–Crippen LogP) is 4.74. The van der Waals surface area contributed by atoms with E-state index >= 15 is 8.78 Å². The maximum Gasteiger partial charge on any atom is 0.193 e. The molecule has 2 aromatic rings. The Hall–Kier alpha value is -3.24. The minimum absolute atomic E-state index is 0.0292. The minimum Gasteiger partial charge on any atom is -0.399 e. The fourth-order valence-electron chi connectivity index (χ4n) is 9.70. The van der Waals surface area contributed by atoms with E-state index in [1.807, 2.05) is 13.0 Å². The lowest BCUT2D eigenvalue weighted by Crippen LogP contribution is -2.63. The van der Waals surface area contributed by atoms with Crippen molar-refractivity contribution >= 4 is 17.3 Å². The molecule has 1 heterocycles. The van der Waals surface area contributed by atoms with Crippen molar-refractivity contribution in [3.63, 3.8) is 0 Å². The Morgan fingerprint density at radius 1 is 1.18 bits per heavy atom. The molecule has 5 aliphatic rings. The van der Waals surface area contributed by atoms with Crippen molar-refractivity contribution in [1.82, 2.24) is 0 Å². The quantitative estimate of drug-likeness (QED) is 0.422. The van der Waals surface area contributed by atoms with Crippen LogP contribution in [0, 0.1) is 40.2 Å². The summed E-state index contributed by atoms with van der Waals surface area (Å²) < 4.78 is 44.2. The molecule has 0 aromatic heterocycles. The van der Waals surface area contributed by atoms with Crippen LogP contribution in [0.15, 0.2) is 60.2 Å². The van der Waals surface area contributed by atoms with Crippen LogP contribution in [0.2, 0.25) is 0 Å². The van der Waals surface area contributed by atoms with Crippen molar-refractivity contribution in [2.24, 2.45) is 28.6 Å². The van der Waals surface area contributed by atoms with Crippen molar-refractivity contribution in [2.45, 2.75) is 70.1 Å². The smallest absolute Gasteiger partial charge is 0.193 e. The van der Waals surface area contributed by atoms with Crippen molar-refractivity contribution in [2.75, 3.05) is 12.3 Å². The van der Waals surface area contributed by atoms with Crippen molar-refractivity contribution < 1.29 is 38.1 Å². The highest BCUT2D eigenvalue weighted by atomic mass is 19.1. The number of aliphatic hydroxyl groups is 2. The van der Waals surface area contributed by atoms with Gasteiger partial charge in [0.1, 0.15) is 18.2 Å². The summed E-state index contributed by atoms with van der Waals surface area (Å²) in [7, 11) is 0. The number of ketones is 2. The number of carbonyl (C=O) groups excluding carboxylic acids is 2. The number of allylic oxidation sites excluding steroid dienone is 4. The summed E-state index contributed by atoms with van der Waals surface area (Å²) >= 11 is 0. The first-order chi connectivity index (χ1) is 20.9. The number of nitrogens with two attached hydrogens (primary N) is 1. The van der Waals surface area contributed by atoms with Gasteiger partial charge in [-0.25, -0.2) is 8.78 Å². The van der Waals surface area contributed by atoms with Gasteiger partial charge in [-0.2, -0.15) is 0 Å². The van der Waals surface area contributed by atoms with E-state index in [0.29, 0.717) is 24.9 Å². The molecule has 1 aliphatic heterocycles. The zero-order valence-corrected chi connectivity index (χ0v) is 24.8. The molecular weight excluding hydrogens is 568 g/mol. The van der Waals surface area contributed by atoms with Crippen LogP contribution < -0.4 is 5.73 Å². The van der Waals surface area contributed by atoms with Crippen LogP contribution in [0.1, 0.15) is 62.5 Å². The number of rotatable bonds is 5. The Morgan fingerprint density at radius 3 is 2.73 bits per heavy atom. The summed E-state index contributed by atoms with van der Waals surface area (Å²) in [6, 6.07) is 9.54. The summed E-state index contributed by atoms with van der Waals surface area (Å²) in [6.45, 7) is 3.10. The number of halogens is 2. The fourth-order valence-corrected chi connectivity index (χ4v) is 9.70. The number of carbonyl (C=O) groups is 2. The zero-order chi connectivity index (χ0) is 31.2. The molecule has 0 unspecified atom stereocenters. The molecule has 44 heavy (non-hydrogen) atoms. The molecule has 7 nitrogen and oxygen atoms in total. The number of ether oxygens (including phenoxy) is 2. The second-order valence-electron chi connectivity index (χ2n) is 13.7. The molecule has 232 valence electrons. The van der Waals surface area contributed by atoms with Gasteiger partial charge in [0, 0.05) is 28.9 Å². The van der Waals surface area contributed by atoms with Gasteiger partial charge >= 0.3 is 0 Å². The maximum absolute atomic E-state index is 16.1. The largest absolute Gasteiger partial charge is 0.399 e. The number of Topliss-reactive ketones (excluding diaryl/α,β-unsaturated/α-hetero) is 1. The normalized spacial score (nSPS) is 38.9. The standard InChI is InChI=1S/C35H37F2NO6/c1-33-11-10-22(40)14-20(33)7-8-23-24-15-28-35(27(42)17-39,34(24,2)16-26(41)30(23)33)44-32(43-28)29-25(36)9-6-19(31(29)37)12-18-4-3-5-21(38)13-18/h3-6,9-11,13-14,23-24,26,28,30,32,39,41H,7-8,12,15-17,38H2,1-2H3/t23-,24-,26-,28+,30+,32+,33-,34-,35+/m0/s1. The van der Waals surface area contributed by atoms with E-state index in [-0.39, 0.29) is 41.9 Å². The Labute approximate surface area is 254 Å². The average Bonchev–Trinajstić information content (AvgIpc) is 3.47. The van der Waals surface area contributed by atoms with Crippen LogP contribution in [0.5, 0.6) is 0 Å². The lowest BCUT2D eigenvalue weighted by Gasteiger charge is -2.59. The average molecular weight is 606 g/mol. The van der Waals surface area contributed by atoms with Gasteiger partial charge in [-0.05, 0) is 79.0 Å². The SMILES string of the molecule is C[C@]12C=CC(=O)C=C1CC[C@@H]1[C@@H]2[C@@H](O)C[C@@]2(C)[C@H]1C[C@H]1O[C@@H](c3c(F)ccc(Cc4cccc(N)c4)c3F)O[C@]12C(=O)CO. The Kier molecular flexibility index (Phi) is 6.79. The molecule has 3 saturated carbocycles. The van der Waals surface area contributed by atoms with Crippen molar-refractivity contribution in [3.8, 4) is 0 Å². The van der Waals surface area contributed by atoms with Crippen LogP contribution in [-0.4, -0.2) is 46.2 Å². The first kappa shape index (κ1) is 29.5. The van der Waals surface area contributed by atoms with Gasteiger partial charge in [0.05, 0.1) is 17.8 Å². The molecule has 9 atom stereocenters. The molecule has 4 fully saturated rings. The van der Waals surface area contributed by atoms with Crippen LogP contribution in [0.3, 0.4) is 0 Å². The van der Waals surface area contributed by atoms with Gasteiger partial charge < -0.3 is 25.4 Å². The molecular formula is C35H37F2NO6. The Balaban J connectivity index is 1.25. The topological polar surface area (TPSA) is 119 Å². The van der Waals surface area contributed by atoms with Crippen LogP contribution in [0.25, 0.3) is 0 Å². The lowest BCUT2D eigenvalue weighted by atomic mass is 9.46. The van der Waals surface area contributed by atoms with Crippen LogP contribution in [-0.2, 0) is 25.5 Å². The molecule has 0 spiro atoms. The summed E-state index contributed by atoms with van der Waals surface area (Å²) in [4.78, 5) is 25.9. The molecule has 0 radical (unpaired) electrons. The fraction of sp³-hybridized carbons (Fsp3) is 0.486. The minimum atomic E-state index is -1.71. The second-order valence-corrected chi connectivity index (χ2v) is 13.7. The molecule has 9 heteroatoms. The second kappa shape index (κ2) is 10.1. The summed E-state index contributed by atoms with van der Waals surface area (Å²) in [5.74, 6) is -2.72. The molecule has 4 aliphatic carbocycles. The number of fused-ring (bicyclic) bond motifs is 7. The first-order valence-electron chi connectivity index (χ1n) is 15.3. The van der Waals surface area contributed by atoms with Crippen LogP contribution >= 0.6 is 0 Å². The van der Waals surface area contributed by atoms with E-state index < -0.39 is 64.5 Å². The molecule has 2 aromatic carbocycles. The van der Waals surface area contributed by atoms with Gasteiger partial charge in [0.15, 0.2) is 23.5 Å². The molecule has 1 saturated heterocycles. The number of anilines is 1. The van der Waals surface area contributed by atoms with Gasteiger partial charge in [-0.1, -0.05) is 43.7 Å². The van der Waals surface area contributed by atoms with Gasteiger partial charge in [-0.3, -0.25) is 9.59 Å². The third-order valence-electron chi connectivity index (χ3n) is 11.6. The summed E-state index contributed by atoms with van der Waals surface area (Å²) in [6.07, 6.45) is 3.98. The van der Waals surface area contributed by atoms with E-state index in [4.69, 9.17) is 15.2 Å². The highest BCUT2D eigenvalue weighted by Gasteiger charge is 2.76. The molecule has 7 rings (SSSR count). The van der Waals surface area contributed by atoms with Gasteiger partial charge in [-0.15, -0.1) is 0 Å². The number of benzene rings is 2. The number of aliphatic hydroxyl groups excluding tert-OH is 2. The third-order valence-corrected chi connectivity index (χ3v) is 11.6. The van der Waals surface area contributed by atoms with E-state index in [9.17, 15) is 19.8 Å². The number of hydrogen-bond acceptors (Lipinski definition) is 7. The van der Waals surface area contributed by atoms with E-state index in [1.54, 1.807) is 36.4 Å². The number of hydrogen-bond donors (Lipinski definition) is 3. The summed E-state index contributed by atoms with van der Waals surface area (Å²) in [5, 5.41) is 22.0. The summed E-state index contributed by atoms with van der Waals surface area (Å²) in [5.41, 5.74) is 4.77. The molecule has 0 amide bonds. The van der Waals surface area contributed by atoms with Gasteiger partial charge in [0.2, 0.25) is 0 Å². The molecule has 0 bridgehead atoms. The Bertz CT molecular complexity index is 1620. The predicted molar refractivity (Wildman–Crippen MR) is 157 cm³/mol. The Morgan fingerprint density at radius 2 is 1.98 bits per heavy atom. The number of nitrogen functional groups attached to an aromatic ring is 1. The highest BCUT2D eigenvalue weighted by Crippen LogP contribution is 2.70.